The zero-order valence-electron chi connectivity index (χ0n) is 17.1. The van der Waals surface area contributed by atoms with Crippen LogP contribution >= 0.6 is 11.6 Å². The van der Waals surface area contributed by atoms with Crippen LogP contribution in [0, 0.1) is 6.92 Å². The molecule has 2 atom stereocenters. The summed E-state index contributed by atoms with van der Waals surface area (Å²) in [7, 11) is 0. The van der Waals surface area contributed by atoms with Gasteiger partial charge in [0.05, 0.1) is 5.69 Å². The van der Waals surface area contributed by atoms with Gasteiger partial charge >= 0.3 is 0 Å². The lowest BCUT2D eigenvalue weighted by Gasteiger charge is -2.24. The number of tetrazole rings is 1. The molecular formula is C21H20ClN7O3. The number of aryl methyl sites for hydroxylation is 1. The van der Waals surface area contributed by atoms with E-state index in [1.165, 1.54) is 17.2 Å². The lowest BCUT2D eigenvalue weighted by Crippen LogP contribution is -2.46. The average molecular weight is 454 g/mol. The normalized spacial score (nSPS) is 16.2. The minimum atomic E-state index is -1.42. The fourth-order valence-electron chi connectivity index (χ4n) is 3.44. The second kappa shape index (κ2) is 9.25. The molecule has 2 N–H and O–H groups in total. The van der Waals surface area contributed by atoms with E-state index >= 15 is 0 Å². The number of hydrogen-bond acceptors (Lipinski definition) is 7. The van der Waals surface area contributed by atoms with Gasteiger partial charge in [0.1, 0.15) is 12.4 Å². The molecule has 0 unspecified atom stereocenters. The summed E-state index contributed by atoms with van der Waals surface area (Å²) in [6.07, 6.45) is 1.75. The number of carbonyl (C=O) groups excluding carboxylic acids is 2. The molecule has 2 aromatic carbocycles. The first-order valence-corrected chi connectivity index (χ1v) is 10.2. The van der Waals surface area contributed by atoms with Crippen molar-refractivity contribution in [3.05, 3.63) is 70.5 Å². The standard InChI is InChI=1S/C21H20ClN7O3/c1-13-3-2-4-14(9-13)19(30)21(32)29-18(7-8-25-29)20(31)23-11-15-10-16(22)5-6-17(15)28-12-24-26-27-28/h2-6,8-10,12,18-19,30H,7,11H2,1H3,(H,23,31)/t18-,19+/m0/s1. The first kappa shape index (κ1) is 21.6. The third-order valence-corrected chi connectivity index (χ3v) is 5.28. The first-order valence-electron chi connectivity index (χ1n) is 9.83. The number of aromatic nitrogens is 4. The van der Waals surface area contributed by atoms with Gasteiger partial charge in [-0.1, -0.05) is 41.4 Å². The number of aliphatic hydroxyl groups is 1. The molecule has 0 fully saturated rings. The predicted molar refractivity (Wildman–Crippen MR) is 116 cm³/mol. The number of amides is 2. The molecule has 164 valence electrons. The van der Waals surface area contributed by atoms with E-state index in [9.17, 15) is 14.7 Å². The van der Waals surface area contributed by atoms with Gasteiger partial charge in [-0.2, -0.15) is 5.10 Å². The van der Waals surface area contributed by atoms with E-state index in [4.69, 9.17) is 11.6 Å². The van der Waals surface area contributed by atoms with E-state index in [-0.39, 0.29) is 13.0 Å². The molecule has 0 aliphatic carbocycles. The average Bonchev–Trinajstić information content (AvgIpc) is 3.49. The third kappa shape index (κ3) is 4.51. The maximum atomic E-state index is 12.9. The van der Waals surface area contributed by atoms with Crippen molar-refractivity contribution in [2.75, 3.05) is 0 Å². The maximum Gasteiger partial charge on any atom is 0.276 e. The Hall–Kier alpha value is -3.63. The van der Waals surface area contributed by atoms with Crippen molar-refractivity contribution in [2.45, 2.75) is 32.0 Å². The molecule has 0 radical (unpaired) electrons. The van der Waals surface area contributed by atoms with Gasteiger partial charge in [-0.25, -0.2) is 9.69 Å². The Balaban J connectivity index is 1.46. The summed E-state index contributed by atoms with van der Waals surface area (Å²) in [4.78, 5) is 25.7. The third-order valence-electron chi connectivity index (χ3n) is 5.04. The van der Waals surface area contributed by atoms with Crippen molar-refractivity contribution in [2.24, 2.45) is 5.10 Å². The molecule has 2 amide bonds. The van der Waals surface area contributed by atoms with E-state index in [0.717, 1.165) is 10.6 Å². The van der Waals surface area contributed by atoms with Gasteiger partial charge in [0.2, 0.25) is 5.91 Å². The van der Waals surface area contributed by atoms with Crippen LogP contribution in [0.15, 0.2) is 53.9 Å². The smallest absolute Gasteiger partial charge is 0.276 e. The van der Waals surface area contributed by atoms with Crippen LogP contribution in [0.4, 0.5) is 0 Å². The molecule has 0 bridgehead atoms. The number of hydrogen-bond donors (Lipinski definition) is 2. The summed E-state index contributed by atoms with van der Waals surface area (Å²) in [6, 6.07) is 11.3. The van der Waals surface area contributed by atoms with E-state index < -0.39 is 24.0 Å². The minimum absolute atomic E-state index is 0.132. The molecule has 11 heteroatoms. The Morgan fingerprint density at radius 3 is 2.88 bits per heavy atom. The largest absolute Gasteiger partial charge is 0.378 e. The molecule has 0 spiro atoms. The van der Waals surface area contributed by atoms with Crippen LogP contribution in [0.25, 0.3) is 5.69 Å². The number of nitrogens with zero attached hydrogens (tertiary/aromatic N) is 6. The quantitative estimate of drug-likeness (QED) is 0.583. The highest BCUT2D eigenvalue weighted by Crippen LogP contribution is 2.23. The van der Waals surface area contributed by atoms with Crippen LogP contribution in [0.3, 0.4) is 0 Å². The highest BCUT2D eigenvalue weighted by atomic mass is 35.5. The monoisotopic (exact) mass is 453 g/mol. The molecule has 3 aromatic rings. The van der Waals surface area contributed by atoms with Crippen LogP contribution in [-0.2, 0) is 16.1 Å². The Kier molecular flexibility index (Phi) is 6.24. The first-order chi connectivity index (χ1) is 15.4. The SMILES string of the molecule is Cc1cccc([C@@H](O)C(=O)N2N=CC[C@H]2C(=O)NCc2cc(Cl)ccc2-n2cnnn2)c1. The van der Waals surface area contributed by atoms with E-state index in [1.807, 2.05) is 13.0 Å². The molecule has 1 aliphatic heterocycles. The number of halogens is 1. The number of rotatable bonds is 6. The van der Waals surface area contributed by atoms with Gasteiger partial charge in [-0.15, -0.1) is 5.10 Å². The van der Waals surface area contributed by atoms with Crippen LogP contribution in [0.1, 0.15) is 29.2 Å². The molecule has 1 aromatic heterocycles. The summed E-state index contributed by atoms with van der Waals surface area (Å²) in [5, 5.41) is 30.0. The van der Waals surface area contributed by atoms with Gasteiger partial charge < -0.3 is 10.4 Å². The van der Waals surface area contributed by atoms with E-state index in [1.54, 1.807) is 36.4 Å². The van der Waals surface area contributed by atoms with Crippen molar-refractivity contribution in [1.29, 1.82) is 0 Å². The lowest BCUT2D eigenvalue weighted by atomic mass is 10.1. The number of aliphatic hydroxyl groups excluding tert-OH is 1. The fourth-order valence-corrected chi connectivity index (χ4v) is 3.64. The van der Waals surface area contributed by atoms with Crippen molar-refractivity contribution >= 4 is 29.6 Å². The number of hydrazone groups is 1. The fraction of sp³-hybridized carbons (Fsp3) is 0.238. The number of carbonyl (C=O) groups is 2. The zero-order chi connectivity index (χ0) is 22.7. The highest BCUT2D eigenvalue weighted by Gasteiger charge is 2.36. The summed E-state index contributed by atoms with van der Waals surface area (Å²) in [5.41, 5.74) is 2.70. The van der Waals surface area contributed by atoms with E-state index in [0.29, 0.717) is 21.8 Å². The van der Waals surface area contributed by atoms with Crippen LogP contribution < -0.4 is 5.32 Å². The van der Waals surface area contributed by atoms with Crippen LogP contribution in [-0.4, -0.2) is 54.4 Å². The topological polar surface area (TPSA) is 126 Å². The second-order valence-corrected chi connectivity index (χ2v) is 7.73. The van der Waals surface area contributed by atoms with Gasteiger partial charge in [0, 0.05) is 24.2 Å². The molecule has 32 heavy (non-hydrogen) atoms. The number of nitrogens with one attached hydrogen (secondary N) is 1. The molecule has 2 heterocycles. The Bertz CT molecular complexity index is 1170. The molecule has 0 saturated heterocycles. The van der Waals surface area contributed by atoms with Crippen molar-refractivity contribution in [3.63, 3.8) is 0 Å². The molecular weight excluding hydrogens is 434 g/mol. The Morgan fingerprint density at radius 1 is 1.28 bits per heavy atom. The molecule has 0 saturated carbocycles. The van der Waals surface area contributed by atoms with Crippen molar-refractivity contribution in [3.8, 4) is 5.69 Å². The van der Waals surface area contributed by atoms with Crippen LogP contribution in [0.2, 0.25) is 5.02 Å². The highest BCUT2D eigenvalue weighted by molar-refractivity contribution is 6.30. The predicted octanol–water partition coefficient (Wildman–Crippen LogP) is 1.56. The molecule has 1 aliphatic rings. The zero-order valence-corrected chi connectivity index (χ0v) is 17.8. The summed E-state index contributed by atoms with van der Waals surface area (Å²) in [6.45, 7) is 2.00. The van der Waals surface area contributed by atoms with Crippen molar-refractivity contribution in [1.82, 2.24) is 30.5 Å². The van der Waals surface area contributed by atoms with Gasteiger partial charge in [-0.05, 0) is 46.7 Å². The Labute approximate surface area is 188 Å². The van der Waals surface area contributed by atoms with Gasteiger partial charge in [0.25, 0.3) is 5.91 Å². The maximum absolute atomic E-state index is 12.9. The second-order valence-electron chi connectivity index (χ2n) is 7.29. The summed E-state index contributed by atoms with van der Waals surface area (Å²) < 4.78 is 1.46. The van der Waals surface area contributed by atoms with Gasteiger partial charge in [0.15, 0.2) is 6.10 Å². The molecule has 4 rings (SSSR count). The minimum Gasteiger partial charge on any atom is -0.378 e. The van der Waals surface area contributed by atoms with Gasteiger partial charge in [-0.3, -0.25) is 9.59 Å². The lowest BCUT2D eigenvalue weighted by molar-refractivity contribution is -0.146. The Morgan fingerprint density at radius 2 is 2.12 bits per heavy atom. The van der Waals surface area contributed by atoms with Crippen molar-refractivity contribution < 1.29 is 14.7 Å². The molecule has 10 nitrogen and oxygen atoms in total. The van der Waals surface area contributed by atoms with E-state index in [2.05, 4.69) is 25.9 Å². The number of benzene rings is 2. The summed E-state index contributed by atoms with van der Waals surface area (Å²) in [5.74, 6) is -1.07. The van der Waals surface area contributed by atoms with Crippen LogP contribution in [0.5, 0.6) is 0 Å². The summed E-state index contributed by atoms with van der Waals surface area (Å²) >= 11 is 6.12.